The molecular formula is C26H33N3O7. The second-order valence-corrected chi connectivity index (χ2v) is 7.99. The van der Waals surface area contributed by atoms with Gasteiger partial charge in [0.25, 0.3) is 5.56 Å². The molecule has 10 heteroatoms. The summed E-state index contributed by atoms with van der Waals surface area (Å²) >= 11 is 0. The van der Waals surface area contributed by atoms with E-state index in [-0.39, 0.29) is 18.9 Å². The van der Waals surface area contributed by atoms with Crippen molar-refractivity contribution in [1.82, 2.24) is 14.9 Å². The molecule has 0 aliphatic carbocycles. The molecule has 0 saturated carbocycles. The van der Waals surface area contributed by atoms with Crippen LogP contribution < -0.4 is 35.5 Å². The molecular weight excluding hydrogens is 466 g/mol. The van der Waals surface area contributed by atoms with Gasteiger partial charge in [0.15, 0.2) is 23.0 Å². The molecule has 0 atom stereocenters. The van der Waals surface area contributed by atoms with E-state index in [0.29, 0.717) is 66.5 Å². The standard InChI is InChI=1S/C26H33N3O7/c1-5-35-22-15-18-19(16-23(22)36-6-2)28-26(32)29(25(18)31)13-7-8-24(30)27-12-11-17-9-10-20(33-3)21(14-17)34-4/h9-10,14-16H,5-8,11-13H2,1-4H3,(H,27,30)(H,28,32). The molecule has 0 radical (unpaired) electrons. The molecule has 2 aromatic carbocycles. The Morgan fingerprint density at radius 1 is 0.944 bits per heavy atom. The number of nitrogens with zero attached hydrogens (tertiary/aromatic N) is 1. The van der Waals surface area contributed by atoms with E-state index in [1.165, 1.54) is 0 Å². The van der Waals surface area contributed by atoms with E-state index in [1.807, 2.05) is 32.0 Å². The number of amides is 1. The summed E-state index contributed by atoms with van der Waals surface area (Å²) in [6, 6.07) is 8.80. The lowest BCUT2D eigenvalue weighted by Gasteiger charge is -2.13. The third-order valence-corrected chi connectivity index (χ3v) is 5.62. The number of aromatic nitrogens is 2. The Morgan fingerprint density at radius 3 is 2.31 bits per heavy atom. The zero-order valence-corrected chi connectivity index (χ0v) is 21.1. The van der Waals surface area contributed by atoms with Crippen LogP contribution in [-0.4, -0.2) is 49.4 Å². The van der Waals surface area contributed by atoms with Crippen molar-refractivity contribution < 1.29 is 23.7 Å². The Balaban J connectivity index is 1.60. The molecule has 0 bridgehead atoms. The van der Waals surface area contributed by atoms with Gasteiger partial charge in [-0.3, -0.25) is 14.2 Å². The Hall–Kier alpha value is -3.95. The monoisotopic (exact) mass is 499 g/mol. The van der Waals surface area contributed by atoms with Crippen molar-refractivity contribution >= 4 is 16.8 Å². The minimum atomic E-state index is -0.534. The summed E-state index contributed by atoms with van der Waals surface area (Å²) < 4.78 is 22.8. The minimum absolute atomic E-state index is 0.115. The van der Waals surface area contributed by atoms with Crippen LogP contribution in [0.25, 0.3) is 10.9 Å². The average Bonchev–Trinajstić information content (AvgIpc) is 2.87. The van der Waals surface area contributed by atoms with Crippen molar-refractivity contribution in [3.8, 4) is 23.0 Å². The van der Waals surface area contributed by atoms with E-state index in [2.05, 4.69) is 10.3 Å². The molecule has 0 unspecified atom stereocenters. The highest BCUT2D eigenvalue weighted by Crippen LogP contribution is 2.30. The zero-order chi connectivity index (χ0) is 26.1. The van der Waals surface area contributed by atoms with E-state index in [4.69, 9.17) is 18.9 Å². The van der Waals surface area contributed by atoms with Gasteiger partial charge in [0.1, 0.15) is 0 Å². The van der Waals surface area contributed by atoms with Gasteiger partial charge in [-0.2, -0.15) is 0 Å². The summed E-state index contributed by atoms with van der Waals surface area (Å²) in [5.74, 6) is 2.03. The number of ether oxygens (including phenoxy) is 4. The fraction of sp³-hybridized carbons (Fsp3) is 0.423. The number of hydrogen-bond donors (Lipinski definition) is 2. The number of fused-ring (bicyclic) bond motifs is 1. The van der Waals surface area contributed by atoms with Crippen LogP contribution in [-0.2, 0) is 17.8 Å². The van der Waals surface area contributed by atoms with Crippen LogP contribution in [0.2, 0.25) is 0 Å². The van der Waals surface area contributed by atoms with Gasteiger partial charge in [-0.05, 0) is 50.5 Å². The second-order valence-electron chi connectivity index (χ2n) is 7.99. The van der Waals surface area contributed by atoms with Gasteiger partial charge in [0.2, 0.25) is 5.91 Å². The summed E-state index contributed by atoms with van der Waals surface area (Å²) in [6.45, 7) is 5.07. The third kappa shape index (κ3) is 6.38. The first-order valence-electron chi connectivity index (χ1n) is 12.0. The lowest BCUT2D eigenvalue weighted by molar-refractivity contribution is -0.121. The van der Waals surface area contributed by atoms with Gasteiger partial charge >= 0.3 is 5.69 Å². The van der Waals surface area contributed by atoms with Crippen molar-refractivity contribution in [3.63, 3.8) is 0 Å². The molecule has 0 spiro atoms. The summed E-state index contributed by atoms with van der Waals surface area (Å²) in [6.07, 6.45) is 1.15. The Kier molecular flexibility index (Phi) is 9.38. The molecule has 1 heterocycles. The first-order chi connectivity index (χ1) is 17.4. The molecule has 0 fully saturated rings. The number of rotatable bonds is 13. The fourth-order valence-electron chi connectivity index (χ4n) is 3.87. The van der Waals surface area contributed by atoms with Crippen molar-refractivity contribution in [3.05, 3.63) is 56.7 Å². The summed E-state index contributed by atoms with van der Waals surface area (Å²) in [5, 5.41) is 3.19. The van der Waals surface area contributed by atoms with Gasteiger partial charge in [-0.15, -0.1) is 0 Å². The molecule has 194 valence electrons. The average molecular weight is 500 g/mol. The predicted octanol–water partition coefficient (Wildman–Crippen LogP) is 2.64. The molecule has 0 aliphatic heterocycles. The van der Waals surface area contributed by atoms with E-state index in [9.17, 15) is 14.4 Å². The molecule has 36 heavy (non-hydrogen) atoms. The van der Waals surface area contributed by atoms with E-state index in [0.717, 1.165) is 10.1 Å². The van der Waals surface area contributed by atoms with Crippen LogP contribution in [0.15, 0.2) is 39.9 Å². The summed E-state index contributed by atoms with van der Waals surface area (Å²) in [4.78, 5) is 40.6. The quantitative estimate of drug-likeness (QED) is 0.371. The Morgan fingerprint density at radius 2 is 1.64 bits per heavy atom. The highest BCUT2D eigenvalue weighted by atomic mass is 16.5. The molecule has 3 rings (SSSR count). The molecule has 10 nitrogen and oxygen atoms in total. The highest BCUT2D eigenvalue weighted by Gasteiger charge is 2.14. The number of benzene rings is 2. The normalized spacial score (nSPS) is 10.8. The van der Waals surface area contributed by atoms with Gasteiger partial charge in [-0.25, -0.2) is 4.79 Å². The first-order valence-corrected chi connectivity index (χ1v) is 12.0. The summed E-state index contributed by atoms with van der Waals surface area (Å²) in [7, 11) is 3.15. The van der Waals surface area contributed by atoms with Crippen LogP contribution in [0, 0.1) is 0 Å². The number of aromatic amines is 1. The highest BCUT2D eigenvalue weighted by molar-refractivity contribution is 5.81. The SMILES string of the molecule is CCOc1cc2[nH]c(=O)n(CCCC(=O)NCCc3ccc(OC)c(OC)c3)c(=O)c2cc1OCC. The summed E-state index contributed by atoms with van der Waals surface area (Å²) in [5.41, 5.74) is 0.404. The topological polar surface area (TPSA) is 121 Å². The van der Waals surface area contributed by atoms with E-state index < -0.39 is 11.2 Å². The van der Waals surface area contributed by atoms with Crippen LogP contribution in [0.5, 0.6) is 23.0 Å². The van der Waals surface area contributed by atoms with Crippen LogP contribution >= 0.6 is 0 Å². The number of carbonyl (C=O) groups excluding carboxylic acids is 1. The number of methoxy groups -OCH3 is 2. The van der Waals surface area contributed by atoms with Crippen LogP contribution in [0.1, 0.15) is 32.3 Å². The molecule has 1 aromatic heterocycles. The number of hydrogen-bond acceptors (Lipinski definition) is 7. The number of carbonyl (C=O) groups is 1. The number of nitrogens with one attached hydrogen (secondary N) is 2. The lowest BCUT2D eigenvalue weighted by Crippen LogP contribution is -2.35. The molecule has 2 N–H and O–H groups in total. The van der Waals surface area contributed by atoms with Crippen molar-refractivity contribution in [2.45, 2.75) is 39.7 Å². The van der Waals surface area contributed by atoms with Crippen LogP contribution in [0.3, 0.4) is 0 Å². The smallest absolute Gasteiger partial charge is 0.328 e. The maximum absolute atomic E-state index is 13.0. The second kappa shape index (κ2) is 12.7. The molecule has 1 amide bonds. The fourth-order valence-corrected chi connectivity index (χ4v) is 3.87. The van der Waals surface area contributed by atoms with Crippen LogP contribution in [0.4, 0.5) is 0 Å². The van der Waals surface area contributed by atoms with Crippen molar-refractivity contribution in [1.29, 1.82) is 0 Å². The molecule has 3 aromatic rings. The van der Waals surface area contributed by atoms with Gasteiger partial charge in [0, 0.05) is 25.6 Å². The minimum Gasteiger partial charge on any atom is -0.493 e. The van der Waals surface area contributed by atoms with Gasteiger partial charge < -0.3 is 29.2 Å². The Labute approximate surface area is 209 Å². The van der Waals surface area contributed by atoms with E-state index in [1.54, 1.807) is 26.4 Å². The zero-order valence-electron chi connectivity index (χ0n) is 21.1. The molecule has 0 saturated heterocycles. The lowest BCUT2D eigenvalue weighted by atomic mass is 10.1. The van der Waals surface area contributed by atoms with Gasteiger partial charge in [-0.1, -0.05) is 6.07 Å². The van der Waals surface area contributed by atoms with Gasteiger partial charge in [0.05, 0.1) is 38.3 Å². The first kappa shape index (κ1) is 26.7. The largest absolute Gasteiger partial charge is 0.493 e. The maximum atomic E-state index is 13.0. The third-order valence-electron chi connectivity index (χ3n) is 5.62. The van der Waals surface area contributed by atoms with Crippen molar-refractivity contribution in [2.24, 2.45) is 0 Å². The van der Waals surface area contributed by atoms with E-state index >= 15 is 0 Å². The van der Waals surface area contributed by atoms with Crippen molar-refractivity contribution in [2.75, 3.05) is 34.0 Å². The number of H-pyrrole nitrogens is 1. The molecule has 0 aliphatic rings. The Bertz CT molecular complexity index is 1310. The predicted molar refractivity (Wildman–Crippen MR) is 137 cm³/mol. The maximum Gasteiger partial charge on any atom is 0.328 e.